The zero-order valence-corrected chi connectivity index (χ0v) is 26.3. The lowest BCUT2D eigenvalue weighted by Gasteiger charge is -2.68. The fourth-order valence-electron chi connectivity index (χ4n) is 7.24. The van der Waals surface area contributed by atoms with Gasteiger partial charge in [0.05, 0.1) is 29.8 Å². The highest BCUT2D eigenvalue weighted by Crippen LogP contribution is 2.74. The molecule has 0 radical (unpaired) electrons. The second-order valence-corrected chi connectivity index (χ2v) is 14.4. The summed E-state index contributed by atoms with van der Waals surface area (Å²) in [5.41, 5.74) is 4.03. The van der Waals surface area contributed by atoms with Crippen LogP contribution in [0.3, 0.4) is 0 Å². The molecule has 0 saturated heterocycles. The van der Waals surface area contributed by atoms with Gasteiger partial charge in [-0.1, -0.05) is 60.7 Å². The van der Waals surface area contributed by atoms with E-state index in [1.165, 1.54) is 0 Å². The smallest absolute Gasteiger partial charge is 0.402 e. The highest BCUT2D eigenvalue weighted by Gasteiger charge is 2.74. The minimum atomic E-state index is -4.18. The molecule has 228 valence electrons. The quantitative estimate of drug-likeness (QED) is 0.134. The van der Waals surface area contributed by atoms with Crippen LogP contribution in [0.25, 0.3) is 10.9 Å². The number of carbonyl (C=O) groups excluding carboxylic acids is 2. The standard InChI is InChI=1S/C34H34ClN2O6P/c1-22-15-36-31-28(43-44(40,41-17-24-9-5-3-6-10-24)42-18-25-11-7-4-8-12-25)13-27-30(29(22)31)26(14-35)16-37(27)32(39)34-19-33(20-34,21-34)23(2)38/h3-13,15,26,36H,14,16-21H2,1-2H3/t26-,33?,34?/m1/s1. The number of nitrogens with one attached hydrogen (secondary N) is 1. The van der Waals surface area contributed by atoms with E-state index in [9.17, 15) is 14.2 Å². The molecule has 0 unspecified atom stereocenters. The van der Waals surface area contributed by atoms with Crippen LogP contribution in [-0.4, -0.2) is 29.1 Å². The molecule has 4 aromatic rings. The number of phosphoric acid groups is 1. The van der Waals surface area contributed by atoms with Crippen LogP contribution < -0.4 is 9.42 Å². The second-order valence-electron chi connectivity index (χ2n) is 12.5. The lowest BCUT2D eigenvalue weighted by atomic mass is 9.33. The number of fused-ring (bicyclic) bond motifs is 3. The van der Waals surface area contributed by atoms with E-state index >= 15 is 0 Å². The number of aromatic nitrogens is 1. The first kappa shape index (κ1) is 29.3. The molecular formula is C34H34ClN2O6P. The van der Waals surface area contributed by atoms with Crippen molar-refractivity contribution in [3.63, 3.8) is 0 Å². The highest BCUT2D eigenvalue weighted by molar-refractivity contribution is 7.48. The van der Waals surface area contributed by atoms with Crippen molar-refractivity contribution in [3.05, 3.63) is 95.2 Å². The molecule has 1 aromatic heterocycles. The van der Waals surface area contributed by atoms with Gasteiger partial charge in [0.2, 0.25) is 5.91 Å². The van der Waals surface area contributed by atoms with Gasteiger partial charge in [0.25, 0.3) is 0 Å². The minimum Gasteiger partial charge on any atom is -0.402 e. The summed E-state index contributed by atoms with van der Waals surface area (Å²) in [6.45, 7) is 4.07. The molecule has 3 aromatic carbocycles. The fraction of sp³-hybridized carbons (Fsp3) is 0.353. The lowest BCUT2D eigenvalue weighted by molar-refractivity contribution is -0.203. The van der Waals surface area contributed by atoms with Crippen LogP contribution in [0.2, 0.25) is 0 Å². The van der Waals surface area contributed by atoms with Gasteiger partial charge in [0, 0.05) is 41.4 Å². The van der Waals surface area contributed by atoms with Gasteiger partial charge in [-0.2, -0.15) is 0 Å². The largest absolute Gasteiger partial charge is 0.530 e. The summed E-state index contributed by atoms with van der Waals surface area (Å²) in [6.07, 6.45) is 3.65. The summed E-state index contributed by atoms with van der Waals surface area (Å²) in [5.74, 6) is 0.680. The third-order valence-corrected chi connectivity index (χ3v) is 11.3. The molecule has 3 fully saturated rings. The molecule has 2 bridgehead atoms. The van der Waals surface area contributed by atoms with Crippen molar-refractivity contribution in [2.24, 2.45) is 10.8 Å². The van der Waals surface area contributed by atoms with E-state index in [4.69, 9.17) is 25.2 Å². The van der Waals surface area contributed by atoms with Crippen molar-refractivity contribution in [3.8, 4) is 5.75 Å². The highest BCUT2D eigenvalue weighted by atomic mass is 35.5. The monoisotopic (exact) mass is 632 g/mol. The molecule has 1 atom stereocenters. The molecule has 8 rings (SSSR count). The Kier molecular flexibility index (Phi) is 7.25. The molecule has 3 aliphatic carbocycles. The van der Waals surface area contributed by atoms with Gasteiger partial charge in [-0.25, -0.2) is 4.57 Å². The summed E-state index contributed by atoms with van der Waals surface area (Å²) >= 11 is 6.50. The summed E-state index contributed by atoms with van der Waals surface area (Å²) in [5, 5.41) is 0.883. The number of benzene rings is 3. The zero-order chi connectivity index (χ0) is 30.7. The summed E-state index contributed by atoms with van der Waals surface area (Å²) in [4.78, 5) is 31.3. The van der Waals surface area contributed by atoms with Crippen LogP contribution in [0.15, 0.2) is 72.9 Å². The van der Waals surface area contributed by atoms with E-state index in [1.807, 2.05) is 73.8 Å². The summed E-state index contributed by atoms with van der Waals surface area (Å²) in [7, 11) is -4.18. The van der Waals surface area contributed by atoms with Crippen molar-refractivity contribution in [2.45, 2.75) is 52.2 Å². The molecule has 4 aliphatic rings. The Balaban J connectivity index is 1.25. The molecule has 10 heteroatoms. The van der Waals surface area contributed by atoms with Crippen molar-refractivity contribution >= 4 is 47.7 Å². The van der Waals surface area contributed by atoms with Gasteiger partial charge < -0.3 is 14.4 Å². The van der Waals surface area contributed by atoms with Crippen LogP contribution in [0.5, 0.6) is 5.75 Å². The van der Waals surface area contributed by atoms with E-state index in [-0.39, 0.29) is 42.0 Å². The van der Waals surface area contributed by atoms with Gasteiger partial charge in [0.15, 0.2) is 5.75 Å². The van der Waals surface area contributed by atoms with Crippen molar-refractivity contribution in [2.75, 3.05) is 17.3 Å². The Bertz CT molecular complexity index is 1740. The number of rotatable bonds is 11. The zero-order valence-electron chi connectivity index (χ0n) is 24.7. The SMILES string of the molecule is CC(=O)C12CC(C(=O)N3C[C@@H](CCl)c4c3cc(OP(=O)(OCc3ccccc3)OCc3ccccc3)c3[nH]cc(C)c43)(C1)C2. The van der Waals surface area contributed by atoms with Crippen molar-refractivity contribution < 1.29 is 27.7 Å². The van der Waals surface area contributed by atoms with Gasteiger partial charge >= 0.3 is 7.82 Å². The fourth-order valence-corrected chi connectivity index (χ4v) is 8.67. The number of hydrogen-bond acceptors (Lipinski definition) is 6. The molecule has 2 heterocycles. The summed E-state index contributed by atoms with van der Waals surface area (Å²) in [6, 6.07) is 20.6. The first-order valence-corrected chi connectivity index (χ1v) is 16.9. The van der Waals surface area contributed by atoms with E-state index in [0.29, 0.717) is 42.9 Å². The van der Waals surface area contributed by atoms with Crippen molar-refractivity contribution in [1.82, 2.24) is 4.98 Å². The number of phosphoric ester groups is 1. The maximum Gasteiger partial charge on any atom is 0.530 e. The molecule has 1 N–H and O–H groups in total. The lowest BCUT2D eigenvalue weighted by Crippen LogP contribution is -2.70. The molecule has 1 amide bonds. The third kappa shape index (κ3) is 4.80. The van der Waals surface area contributed by atoms with Crippen LogP contribution in [-0.2, 0) is 36.4 Å². The first-order chi connectivity index (χ1) is 21.2. The average Bonchev–Trinajstić information content (AvgIpc) is 3.55. The van der Waals surface area contributed by atoms with Crippen LogP contribution >= 0.6 is 19.4 Å². The number of H-pyrrole nitrogens is 1. The Morgan fingerprint density at radius 2 is 1.57 bits per heavy atom. The molecular weight excluding hydrogens is 599 g/mol. The summed E-state index contributed by atoms with van der Waals surface area (Å²) < 4.78 is 32.4. The third-order valence-electron chi connectivity index (χ3n) is 9.58. The Labute approximate surface area is 261 Å². The second kappa shape index (κ2) is 10.9. The van der Waals surface area contributed by atoms with E-state index in [0.717, 1.165) is 27.6 Å². The maximum atomic E-state index is 14.3. The number of hydrogen-bond donors (Lipinski definition) is 1. The number of halogens is 1. The number of aryl methyl sites for hydroxylation is 1. The molecule has 44 heavy (non-hydrogen) atoms. The Morgan fingerprint density at radius 3 is 2.11 bits per heavy atom. The number of carbonyl (C=O) groups is 2. The number of amides is 1. The number of aromatic amines is 1. The van der Waals surface area contributed by atoms with E-state index in [1.54, 1.807) is 17.9 Å². The average molecular weight is 633 g/mol. The molecule has 3 saturated carbocycles. The number of ketones is 1. The van der Waals surface area contributed by atoms with Gasteiger partial charge in [-0.3, -0.25) is 18.6 Å². The number of anilines is 1. The minimum absolute atomic E-state index is 0.0109. The van der Waals surface area contributed by atoms with Crippen LogP contribution in [0.4, 0.5) is 5.69 Å². The van der Waals surface area contributed by atoms with Crippen LogP contribution in [0, 0.1) is 17.8 Å². The molecule has 1 aliphatic heterocycles. The topological polar surface area (TPSA) is 97.9 Å². The van der Waals surface area contributed by atoms with Crippen molar-refractivity contribution in [1.29, 1.82) is 0 Å². The number of alkyl halides is 1. The van der Waals surface area contributed by atoms with Gasteiger partial charge in [-0.15, -0.1) is 11.6 Å². The normalized spacial score (nSPS) is 23.6. The van der Waals surface area contributed by atoms with E-state index < -0.39 is 13.2 Å². The number of nitrogens with zero attached hydrogens (tertiary/aromatic N) is 1. The molecule has 8 nitrogen and oxygen atoms in total. The van der Waals surface area contributed by atoms with Gasteiger partial charge in [0.1, 0.15) is 5.78 Å². The predicted octanol–water partition coefficient (Wildman–Crippen LogP) is 7.83. The maximum absolute atomic E-state index is 14.3. The van der Waals surface area contributed by atoms with Gasteiger partial charge in [-0.05, 0) is 55.4 Å². The van der Waals surface area contributed by atoms with E-state index in [2.05, 4.69) is 4.98 Å². The Morgan fingerprint density at radius 1 is 0.977 bits per heavy atom. The first-order valence-electron chi connectivity index (χ1n) is 14.9. The predicted molar refractivity (Wildman–Crippen MR) is 169 cm³/mol. The Hall–Kier alpha value is -3.42. The molecule has 0 spiro atoms. The van der Waals surface area contributed by atoms with Crippen LogP contribution in [0.1, 0.15) is 54.4 Å². The number of Topliss-reactive ketones (excluding diaryl/α,β-unsaturated/α-hetero) is 1.